The number of nitrogens with zero attached hydrogens (tertiary/aromatic N) is 3. The molecule has 0 aliphatic heterocycles. The SMILES string of the molecule is Cc1nnc(SCCOCCN)n1C. The fourth-order valence-electron chi connectivity index (χ4n) is 0.891. The molecule has 0 amide bonds. The van der Waals surface area contributed by atoms with Crippen LogP contribution in [-0.2, 0) is 11.8 Å². The van der Waals surface area contributed by atoms with Gasteiger partial charge in [-0.25, -0.2) is 0 Å². The molecular weight excluding hydrogens is 200 g/mol. The zero-order valence-corrected chi connectivity index (χ0v) is 9.38. The van der Waals surface area contributed by atoms with Crippen LogP contribution in [0.3, 0.4) is 0 Å². The minimum absolute atomic E-state index is 0.577. The van der Waals surface area contributed by atoms with Crippen molar-refractivity contribution in [2.24, 2.45) is 12.8 Å². The monoisotopic (exact) mass is 216 g/mol. The van der Waals surface area contributed by atoms with Gasteiger partial charge in [-0.2, -0.15) is 0 Å². The van der Waals surface area contributed by atoms with Crippen molar-refractivity contribution in [3.05, 3.63) is 5.82 Å². The molecule has 0 saturated carbocycles. The zero-order valence-electron chi connectivity index (χ0n) is 8.56. The summed E-state index contributed by atoms with van der Waals surface area (Å²) in [7, 11) is 1.96. The third-order valence-corrected chi connectivity index (χ3v) is 2.76. The highest BCUT2D eigenvalue weighted by Crippen LogP contribution is 2.14. The van der Waals surface area contributed by atoms with Crippen molar-refractivity contribution in [3.8, 4) is 0 Å². The first-order valence-electron chi connectivity index (χ1n) is 4.52. The van der Waals surface area contributed by atoms with Gasteiger partial charge in [-0.05, 0) is 6.92 Å². The lowest BCUT2D eigenvalue weighted by Gasteiger charge is -2.02. The predicted molar refractivity (Wildman–Crippen MR) is 56.3 cm³/mol. The van der Waals surface area contributed by atoms with E-state index in [0.717, 1.165) is 16.7 Å². The number of ether oxygens (including phenoxy) is 1. The number of aryl methyl sites for hydroxylation is 1. The average Bonchev–Trinajstić information content (AvgIpc) is 2.49. The van der Waals surface area contributed by atoms with Gasteiger partial charge in [0.1, 0.15) is 5.82 Å². The van der Waals surface area contributed by atoms with Crippen LogP contribution < -0.4 is 5.73 Å². The van der Waals surface area contributed by atoms with Crippen LogP contribution in [0.25, 0.3) is 0 Å². The fourth-order valence-corrected chi connectivity index (χ4v) is 1.70. The van der Waals surface area contributed by atoms with Crippen molar-refractivity contribution >= 4 is 11.8 Å². The van der Waals surface area contributed by atoms with E-state index in [2.05, 4.69) is 10.2 Å². The molecule has 1 rings (SSSR count). The highest BCUT2D eigenvalue weighted by molar-refractivity contribution is 7.99. The number of hydrogen-bond donors (Lipinski definition) is 1. The van der Waals surface area contributed by atoms with Gasteiger partial charge < -0.3 is 15.0 Å². The number of rotatable bonds is 6. The van der Waals surface area contributed by atoms with Gasteiger partial charge in [0, 0.05) is 19.3 Å². The van der Waals surface area contributed by atoms with Gasteiger partial charge in [-0.15, -0.1) is 10.2 Å². The summed E-state index contributed by atoms with van der Waals surface area (Å²) < 4.78 is 7.21. The lowest BCUT2D eigenvalue weighted by molar-refractivity contribution is 0.158. The summed E-state index contributed by atoms with van der Waals surface area (Å²) in [5.74, 6) is 1.81. The summed E-state index contributed by atoms with van der Waals surface area (Å²) in [5.41, 5.74) is 5.29. The maximum Gasteiger partial charge on any atom is 0.191 e. The first kappa shape index (κ1) is 11.5. The molecule has 1 aromatic heterocycles. The van der Waals surface area contributed by atoms with Gasteiger partial charge in [-0.3, -0.25) is 0 Å². The molecule has 0 aromatic carbocycles. The second-order valence-electron chi connectivity index (χ2n) is 2.84. The number of thioether (sulfide) groups is 1. The Kier molecular flexibility index (Phi) is 4.92. The fraction of sp³-hybridized carbons (Fsp3) is 0.750. The molecule has 0 saturated heterocycles. The summed E-state index contributed by atoms with van der Waals surface area (Å²) in [5, 5.41) is 8.92. The lowest BCUT2D eigenvalue weighted by Crippen LogP contribution is -2.10. The Bertz CT molecular complexity index is 276. The molecule has 0 aliphatic carbocycles. The summed E-state index contributed by atoms with van der Waals surface area (Å²) in [6.07, 6.45) is 0. The molecule has 0 atom stereocenters. The number of hydrogen-bond acceptors (Lipinski definition) is 5. The lowest BCUT2D eigenvalue weighted by atomic mass is 10.7. The van der Waals surface area contributed by atoms with E-state index in [1.807, 2.05) is 18.5 Å². The Morgan fingerprint density at radius 1 is 1.43 bits per heavy atom. The van der Waals surface area contributed by atoms with Crippen LogP contribution in [0.2, 0.25) is 0 Å². The molecule has 1 heterocycles. The molecule has 2 N–H and O–H groups in total. The summed E-state index contributed by atoms with van der Waals surface area (Å²) in [6.45, 7) is 3.84. The van der Waals surface area contributed by atoms with Crippen molar-refractivity contribution in [1.82, 2.24) is 14.8 Å². The maximum atomic E-state index is 5.29. The van der Waals surface area contributed by atoms with Crippen LogP contribution in [0.5, 0.6) is 0 Å². The maximum absolute atomic E-state index is 5.29. The molecule has 0 bridgehead atoms. The number of nitrogens with two attached hydrogens (primary N) is 1. The van der Waals surface area contributed by atoms with Gasteiger partial charge in [0.05, 0.1) is 13.2 Å². The molecule has 5 nitrogen and oxygen atoms in total. The van der Waals surface area contributed by atoms with Crippen LogP contribution in [0.4, 0.5) is 0 Å². The Morgan fingerprint density at radius 3 is 2.79 bits per heavy atom. The summed E-state index contributed by atoms with van der Waals surface area (Å²) in [4.78, 5) is 0. The van der Waals surface area contributed by atoms with E-state index >= 15 is 0 Å². The van der Waals surface area contributed by atoms with Crippen LogP contribution in [0.1, 0.15) is 5.82 Å². The van der Waals surface area contributed by atoms with E-state index in [9.17, 15) is 0 Å². The first-order chi connectivity index (χ1) is 6.75. The van der Waals surface area contributed by atoms with E-state index in [1.54, 1.807) is 11.8 Å². The smallest absolute Gasteiger partial charge is 0.191 e. The van der Waals surface area contributed by atoms with Crippen molar-refractivity contribution < 1.29 is 4.74 Å². The van der Waals surface area contributed by atoms with Crippen molar-refractivity contribution in [1.29, 1.82) is 0 Å². The molecule has 0 spiro atoms. The summed E-state index contributed by atoms with van der Waals surface area (Å²) >= 11 is 1.64. The quantitative estimate of drug-likeness (QED) is 0.543. The van der Waals surface area contributed by atoms with Gasteiger partial charge in [0.15, 0.2) is 5.16 Å². The molecule has 14 heavy (non-hydrogen) atoms. The Balaban J connectivity index is 2.21. The Morgan fingerprint density at radius 2 is 2.21 bits per heavy atom. The largest absolute Gasteiger partial charge is 0.379 e. The molecule has 0 radical (unpaired) electrons. The van der Waals surface area contributed by atoms with Crippen molar-refractivity contribution in [3.63, 3.8) is 0 Å². The third-order valence-electron chi connectivity index (χ3n) is 1.77. The van der Waals surface area contributed by atoms with Gasteiger partial charge in [-0.1, -0.05) is 11.8 Å². The predicted octanol–water partition coefficient (Wildman–Crippen LogP) is 0.191. The minimum atomic E-state index is 0.577. The van der Waals surface area contributed by atoms with E-state index in [1.165, 1.54) is 0 Å². The minimum Gasteiger partial charge on any atom is -0.379 e. The second kappa shape index (κ2) is 6.00. The van der Waals surface area contributed by atoms with Gasteiger partial charge in [0.2, 0.25) is 0 Å². The van der Waals surface area contributed by atoms with E-state index in [-0.39, 0.29) is 0 Å². The highest BCUT2D eigenvalue weighted by atomic mass is 32.2. The van der Waals surface area contributed by atoms with Crippen molar-refractivity contribution in [2.45, 2.75) is 12.1 Å². The Labute approximate surface area is 88.0 Å². The Hall–Kier alpha value is -0.590. The standard InChI is InChI=1S/C8H16N4OS/c1-7-10-11-8(12(7)2)14-6-5-13-4-3-9/h3-6,9H2,1-2H3. The zero-order chi connectivity index (χ0) is 10.4. The molecule has 0 unspecified atom stereocenters. The van der Waals surface area contributed by atoms with E-state index in [4.69, 9.17) is 10.5 Å². The van der Waals surface area contributed by atoms with E-state index in [0.29, 0.717) is 19.8 Å². The molecule has 0 fully saturated rings. The second-order valence-corrected chi connectivity index (χ2v) is 3.90. The van der Waals surface area contributed by atoms with Crippen LogP contribution in [0, 0.1) is 6.92 Å². The van der Waals surface area contributed by atoms with Gasteiger partial charge in [0.25, 0.3) is 0 Å². The van der Waals surface area contributed by atoms with Crippen LogP contribution in [0.15, 0.2) is 5.16 Å². The highest BCUT2D eigenvalue weighted by Gasteiger charge is 2.04. The van der Waals surface area contributed by atoms with E-state index < -0.39 is 0 Å². The molecule has 80 valence electrons. The molecule has 1 aromatic rings. The van der Waals surface area contributed by atoms with Crippen molar-refractivity contribution in [2.75, 3.05) is 25.5 Å². The third kappa shape index (κ3) is 3.28. The topological polar surface area (TPSA) is 66.0 Å². The molecular formula is C8H16N4OS. The average molecular weight is 216 g/mol. The van der Waals surface area contributed by atoms with Crippen LogP contribution >= 0.6 is 11.8 Å². The van der Waals surface area contributed by atoms with Gasteiger partial charge >= 0.3 is 0 Å². The first-order valence-corrected chi connectivity index (χ1v) is 5.51. The number of aromatic nitrogens is 3. The molecule has 0 aliphatic rings. The molecule has 6 heteroatoms. The summed E-state index contributed by atoms with van der Waals surface area (Å²) in [6, 6.07) is 0. The van der Waals surface area contributed by atoms with Crippen LogP contribution in [-0.4, -0.2) is 40.3 Å². The normalized spacial score (nSPS) is 10.8.